The van der Waals surface area contributed by atoms with Crippen LogP contribution < -0.4 is 11.3 Å². The lowest BCUT2D eigenvalue weighted by Crippen LogP contribution is -2.31. The molecule has 0 saturated heterocycles. The fourth-order valence-electron chi connectivity index (χ4n) is 1.77. The largest absolute Gasteiger partial charge is 0.295 e. The molecule has 6 heteroatoms. The van der Waals surface area contributed by atoms with E-state index in [1.807, 2.05) is 25.2 Å². The van der Waals surface area contributed by atoms with Crippen LogP contribution in [0.4, 0.5) is 0 Å². The van der Waals surface area contributed by atoms with Crippen LogP contribution in [0.2, 0.25) is 0 Å². The summed E-state index contributed by atoms with van der Waals surface area (Å²) in [5.74, 6) is 4.72. The van der Waals surface area contributed by atoms with E-state index < -0.39 is 0 Å². The monoisotopic (exact) mass is 276 g/mol. The van der Waals surface area contributed by atoms with Crippen LogP contribution in [0.25, 0.3) is 0 Å². The first-order valence-electron chi connectivity index (χ1n) is 5.87. The van der Waals surface area contributed by atoms with Gasteiger partial charge in [-0.2, -0.15) is 0 Å². The standard InChI is InChI=1S/C13H16N4OS/c1-17(9-11-5-3-7-19-11)8-10-4-2-6-12(15-10)13(18)16-14/h2-7H,8-9,14H2,1H3,(H,16,18). The maximum absolute atomic E-state index is 11.4. The molecule has 0 bridgehead atoms. The summed E-state index contributed by atoms with van der Waals surface area (Å²) in [5, 5.41) is 2.06. The number of thiophene rings is 1. The zero-order valence-corrected chi connectivity index (χ0v) is 11.5. The molecule has 100 valence electrons. The molecule has 2 heterocycles. The van der Waals surface area contributed by atoms with Crippen LogP contribution in [0.15, 0.2) is 35.7 Å². The Labute approximate surface area is 116 Å². The fourth-order valence-corrected chi connectivity index (χ4v) is 2.55. The predicted molar refractivity (Wildman–Crippen MR) is 75.4 cm³/mol. The van der Waals surface area contributed by atoms with E-state index in [9.17, 15) is 4.79 Å². The summed E-state index contributed by atoms with van der Waals surface area (Å²) in [6, 6.07) is 9.50. The van der Waals surface area contributed by atoms with Crippen molar-refractivity contribution in [3.8, 4) is 0 Å². The molecule has 0 aliphatic carbocycles. The zero-order chi connectivity index (χ0) is 13.7. The van der Waals surface area contributed by atoms with E-state index in [0.29, 0.717) is 12.2 Å². The number of amides is 1. The number of hydrogen-bond donors (Lipinski definition) is 2. The number of aromatic nitrogens is 1. The topological polar surface area (TPSA) is 71.2 Å². The van der Waals surface area contributed by atoms with Gasteiger partial charge in [0.05, 0.1) is 5.69 Å². The number of carbonyl (C=O) groups excluding carboxylic acids is 1. The predicted octanol–water partition coefficient (Wildman–Crippen LogP) is 1.38. The fraction of sp³-hybridized carbons (Fsp3) is 0.231. The Bertz CT molecular complexity index is 541. The van der Waals surface area contributed by atoms with Gasteiger partial charge in [0.25, 0.3) is 5.91 Å². The first kappa shape index (κ1) is 13.7. The molecule has 0 atom stereocenters. The Kier molecular flexibility index (Phi) is 4.62. The molecule has 2 rings (SSSR count). The molecule has 5 nitrogen and oxygen atoms in total. The third kappa shape index (κ3) is 3.85. The number of hydrogen-bond acceptors (Lipinski definition) is 5. The number of pyridine rings is 1. The first-order valence-corrected chi connectivity index (χ1v) is 6.75. The quantitative estimate of drug-likeness (QED) is 0.492. The van der Waals surface area contributed by atoms with Crippen molar-refractivity contribution in [3.05, 3.63) is 52.0 Å². The molecule has 2 aromatic heterocycles. The minimum absolute atomic E-state index is 0.338. The first-order chi connectivity index (χ1) is 9.19. The molecule has 0 spiro atoms. The summed E-state index contributed by atoms with van der Waals surface area (Å²) in [5.41, 5.74) is 3.27. The summed E-state index contributed by atoms with van der Waals surface area (Å²) in [6.45, 7) is 1.55. The second kappa shape index (κ2) is 6.42. The van der Waals surface area contributed by atoms with Gasteiger partial charge in [-0.25, -0.2) is 10.8 Å². The molecular weight excluding hydrogens is 260 g/mol. The number of hydrazine groups is 1. The molecule has 0 aliphatic rings. The highest BCUT2D eigenvalue weighted by Gasteiger charge is 2.08. The minimum Gasteiger partial charge on any atom is -0.295 e. The number of nitrogens with zero attached hydrogens (tertiary/aromatic N) is 2. The van der Waals surface area contributed by atoms with Crippen molar-refractivity contribution >= 4 is 17.2 Å². The lowest BCUT2D eigenvalue weighted by molar-refractivity contribution is 0.0948. The average Bonchev–Trinajstić information content (AvgIpc) is 2.90. The van der Waals surface area contributed by atoms with Gasteiger partial charge in [0.15, 0.2) is 0 Å². The minimum atomic E-state index is -0.372. The maximum atomic E-state index is 11.4. The molecule has 0 fully saturated rings. The van der Waals surface area contributed by atoms with Gasteiger partial charge in [0.1, 0.15) is 5.69 Å². The van der Waals surface area contributed by atoms with Crippen LogP contribution in [-0.2, 0) is 13.1 Å². The van der Waals surface area contributed by atoms with E-state index >= 15 is 0 Å². The van der Waals surface area contributed by atoms with Crippen molar-refractivity contribution in [1.82, 2.24) is 15.3 Å². The molecule has 19 heavy (non-hydrogen) atoms. The highest BCUT2D eigenvalue weighted by atomic mass is 32.1. The lowest BCUT2D eigenvalue weighted by atomic mass is 10.2. The van der Waals surface area contributed by atoms with Crippen molar-refractivity contribution < 1.29 is 4.79 Å². The van der Waals surface area contributed by atoms with Gasteiger partial charge in [0, 0.05) is 18.0 Å². The van der Waals surface area contributed by atoms with Crippen molar-refractivity contribution in [2.75, 3.05) is 7.05 Å². The number of rotatable bonds is 5. The van der Waals surface area contributed by atoms with Gasteiger partial charge in [-0.15, -0.1) is 11.3 Å². The Balaban J connectivity index is 2.00. The van der Waals surface area contributed by atoms with Gasteiger partial charge in [-0.05, 0) is 30.6 Å². The third-order valence-corrected chi connectivity index (χ3v) is 3.47. The number of nitrogen functional groups attached to an aromatic ring is 1. The molecule has 1 amide bonds. The van der Waals surface area contributed by atoms with Gasteiger partial charge >= 0.3 is 0 Å². The number of nitrogens with one attached hydrogen (secondary N) is 1. The molecule has 3 N–H and O–H groups in total. The van der Waals surface area contributed by atoms with Crippen LogP contribution in [0.1, 0.15) is 21.1 Å². The SMILES string of the molecule is CN(Cc1cccc(C(=O)NN)n1)Cc1cccs1. The van der Waals surface area contributed by atoms with Gasteiger partial charge in [-0.3, -0.25) is 15.1 Å². The summed E-state index contributed by atoms with van der Waals surface area (Å²) in [4.78, 5) is 19.1. The summed E-state index contributed by atoms with van der Waals surface area (Å²) >= 11 is 1.73. The molecule has 0 radical (unpaired) electrons. The summed E-state index contributed by atoms with van der Waals surface area (Å²) < 4.78 is 0. The second-order valence-corrected chi connectivity index (χ2v) is 5.27. The molecule has 0 saturated carbocycles. The maximum Gasteiger partial charge on any atom is 0.283 e. The lowest BCUT2D eigenvalue weighted by Gasteiger charge is -2.15. The normalized spacial score (nSPS) is 10.7. The van der Waals surface area contributed by atoms with Crippen molar-refractivity contribution in [1.29, 1.82) is 0 Å². The van der Waals surface area contributed by atoms with E-state index in [-0.39, 0.29) is 5.91 Å². The van der Waals surface area contributed by atoms with Gasteiger partial charge < -0.3 is 0 Å². The smallest absolute Gasteiger partial charge is 0.283 e. The Morgan fingerprint density at radius 2 is 2.21 bits per heavy atom. The number of carbonyl (C=O) groups is 1. The second-order valence-electron chi connectivity index (χ2n) is 4.24. The van der Waals surface area contributed by atoms with E-state index in [4.69, 9.17) is 5.84 Å². The Morgan fingerprint density at radius 3 is 2.89 bits per heavy atom. The van der Waals surface area contributed by atoms with Crippen molar-refractivity contribution in [3.63, 3.8) is 0 Å². The molecule has 2 aromatic rings. The van der Waals surface area contributed by atoms with Gasteiger partial charge in [-0.1, -0.05) is 12.1 Å². The van der Waals surface area contributed by atoms with Crippen LogP contribution in [-0.4, -0.2) is 22.8 Å². The van der Waals surface area contributed by atoms with E-state index in [2.05, 4.69) is 26.8 Å². The highest BCUT2D eigenvalue weighted by Crippen LogP contribution is 2.12. The Hall–Kier alpha value is -1.76. The van der Waals surface area contributed by atoms with Crippen LogP contribution in [0, 0.1) is 0 Å². The zero-order valence-electron chi connectivity index (χ0n) is 10.7. The molecular formula is C13H16N4OS. The van der Waals surface area contributed by atoms with Crippen LogP contribution in [0.5, 0.6) is 0 Å². The van der Waals surface area contributed by atoms with E-state index in [1.165, 1.54) is 4.88 Å². The summed E-state index contributed by atoms with van der Waals surface area (Å²) in [6.07, 6.45) is 0. The van der Waals surface area contributed by atoms with Crippen LogP contribution in [0.3, 0.4) is 0 Å². The molecule has 0 aliphatic heterocycles. The van der Waals surface area contributed by atoms with E-state index in [1.54, 1.807) is 17.4 Å². The van der Waals surface area contributed by atoms with Gasteiger partial charge in [0.2, 0.25) is 0 Å². The van der Waals surface area contributed by atoms with Crippen molar-refractivity contribution in [2.45, 2.75) is 13.1 Å². The third-order valence-electron chi connectivity index (χ3n) is 2.61. The highest BCUT2D eigenvalue weighted by molar-refractivity contribution is 7.09. The molecule has 0 aromatic carbocycles. The van der Waals surface area contributed by atoms with Crippen LogP contribution >= 0.6 is 11.3 Å². The molecule has 0 unspecified atom stereocenters. The average molecular weight is 276 g/mol. The summed E-state index contributed by atoms with van der Waals surface area (Å²) in [7, 11) is 2.02. The number of nitrogens with two attached hydrogens (primary N) is 1. The Morgan fingerprint density at radius 1 is 1.37 bits per heavy atom. The van der Waals surface area contributed by atoms with Crippen molar-refractivity contribution in [2.24, 2.45) is 5.84 Å². The van der Waals surface area contributed by atoms with E-state index in [0.717, 1.165) is 12.2 Å².